The minimum absolute atomic E-state index is 0.673. The molecule has 0 bridgehead atoms. The van der Waals surface area contributed by atoms with E-state index in [1.807, 2.05) is 55.5 Å². The topological polar surface area (TPSA) is 35.4 Å². The van der Waals surface area contributed by atoms with Crippen molar-refractivity contribution in [3.8, 4) is 5.69 Å². The quantitative estimate of drug-likeness (QED) is 0.295. The van der Waals surface area contributed by atoms with Gasteiger partial charge in [0.2, 0.25) is 5.78 Å². The van der Waals surface area contributed by atoms with Crippen LogP contribution in [0.25, 0.3) is 56.7 Å². The molecule has 6 rings (SSSR count). The molecule has 3 aromatic carbocycles. The lowest BCUT2D eigenvalue weighted by Gasteiger charge is -2.06. The largest absolute Gasteiger partial charge is 0.454 e. The van der Waals surface area contributed by atoms with Crippen LogP contribution < -0.4 is 0 Å². The van der Waals surface area contributed by atoms with Crippen LogP contribution in [0.15, 0.2) is 77.7 Å². The lowest BCUT2D eigenvalue weighted by atomic mass is 10.1. The Morgan fingerprint density at radius 2 is 1.87 bits per heavy atom. The first-order valence-corrected chi connectivity index (χ1v) is 10.5. The lowest BCUT2D eigenvalue weighted by molar-refractivity contribution is 0.601. The molecule has 0 fully saturated rings. The highest BCUT2D eigenvalue weighted by Crippen LogP contribution is 2.36. The Morgan fingerprint density at radius 3 is 2.71 bits per heavy atom. The number of imidazole rings is 2. The number of fused-ring (bicyclic) bond motifs is 6. The van der Waals surface area contributed by atoms with Crippen molar-refractivity contribution in [2.45, 2.75) is 6.92 Å². The Bertz CT molecular complexity index is 1680. The van der Waals surface area contributed by atoms with Gasteiger partial charge in [0.1, 0.15) is 5.76 Å². The van der Waals surface area contributed by atoms with Crippen LogP contribution in [0, 0.1) is 0 Å². The van der Waals surface area contributed by atoms with Gasteiger partial charge in [0.05, 0.1) is 27.8 Å². The maximum atomic E-state index is 6.41. The highest BCUT2D eigenvalue weighted by Gasteiger charge is 2.21. The zero-order valence-corrected chi connectivity index (χ0v) is 17.6. The molecule has 0 radical (unpaired) electrons. The van der Waals surface area contributed by atoms with Crippen LogP contribution in [0.3, 0.4) is 0 Å². The average Bonchev–Trinajstić information content (AvgIpc) is 3.42. The number of furan rings is 1. The van der Waals surface area contributed by atoms with Crippen LogP contribution in [-0.2, 0) is 0 Å². The molecule has 0 aliphatic carbocycles. The van der Waals surface area contributed by atoms with E-state index in [9.17, 15) is 0 Å². The smallest absolute Gasteiger partial charge is 0.220 e. The summed E-state index contributed by atoms with van der Waals surface area (Å²) in [4.78, 5) is 4.96. The molecule has 0 N–H and O–H groups in total. The molecule has 0 aliphatic rings. The molecule has 0 saturated heterocycles. The number of hydrogen-bond donors (Lipinski definition) is 0. The minimum Gasteiger partial charge on any atom is -0.454 e. The highest BCUT2D eigenvalue weighted by atomic mass is 35.5. The minimum atomic E-state index is 0.673. The Morgan fingerprint density at radius 1 is 1.00 bits per heavy atom. The number of rotatable bonds is 3. The summed E-state index contributed by atoms with van der Waals surface area (Å²) in [7, 11) is 0. The number of hydrogen-bond acceptors (Lipinski definition) is 2. The van der Waals surface area contributed by atoms with Gasteiger partial charge >= 0.3 is 0 Å². The van der Waals surface area contributed by atoms with Crippen molar-refractivity contribution < 1.29 is 4.42 Å². The number of halogens is 1. The normalized spacial score (nSPS) is 12.2. The van der Waals surface area contributed by atoms with Gasteiger partial charge < -0.3 is 4.42 Å². The zero-order chi connectivity index (χ0) is 21.1. The highest BCUT2D eigenvalue weighted by molar-refractivity contribution is 6.31. The van der Waals surface area contributed by atoms with Gasteiger partial charge in [0, 0.05) is 16.0 Å². The first kappa shape index (κ1) is 18.0. The van der Waals surface area contributed by atoms with E-state index in [0.717, 1.165) is 55.8 Å². The molecule has 0 saturated carbocycles. The first-order valence-electron chi connectivity index (χ1n) is 10.1. The average molecular weight is 424 g/mol. The van der Waals surface area contributed by atoms with Crippen molar-refractivity contribution in [2.75, 3.05) is 0 Å². The molecule has 3 aromatic heterocycles. The summed E-state index contributed by atoms with van der Waals surface area (Å²) in [5, 5.41) is 1.70. The fraction of sp³-hybridized carbons (Fsp3) is 0.0385. The Balaban J connectivity index is 1.82. The fourth-order valence-corrected chi connectivity index (χ4v) is 4.59. The molecule has 6 aromatic rings. The van der Waals surface area contributed by atoms with E-state index in [1.165, 1.54) is 0 Å². The second kappa shape index (κ2) is 6.62. The summed E-state index contributed by atoms with van der Waals surface area (Å²) < 4.78 is 10.6. The van der Waals surface area contributed by atoms with Crippen molar-refractivity contribution >= 4 is 62.6 Å². The summed E-state index contributed by atoms with van der Waals surface area (Å²) in [5.74, 6) is 1.56. The summed E-state index contributed by atoms with van der Waals surface area (Å²) in [6.45, 7) is 5.93. The Kier molecular flexibility index (Phi) is 3.86. The van der Waals surface area contributed by atoms with Crippen molar-refractivity contribution in [1.29, 1.82) is 0 Å². The molecule has 0 spiro atoms. The molecule has 0 amide bonds. The number of aromatic nitrogens is 3. The third-order valence-corrected chi connectivity index (χ3v) is 5.92. The van der Waals surface area contributed by atoms with Gasteiger partial charge in [-0.2, -0.15) is 0 Å². The van der Waals surface area contributed by atoms with Crippen molar-refractivity contribution in [2.24, 2.45) is 0 Å². The molecule has 31 heavy (non-hydrogen) atoms. The van der Waals surface area contributed by atoms with Gasteiger partial charge in [-0.1, -0.05) is 54.6 Å². The predicted molar refractivity (Wildman–Crippen MR) is 129 cm³/mol. The van der Waals surface area contributed by atoms with Gasteiger partial charge in [-0.25, -0.2) is 4.98 Å². The van der Waals surface area contributed by atoms with Crippen LogP contribution in [0.2, 0.25) is 5.02 Å². The molecule has 150 valence electrons. The van der Waals surface area contributed by atoms with E-state index in [2.05, 4.69) is 39.8 Å². The maximum Gasteiger partial charge on any atom is 0.220 e. The number of nitrogens with zero attached hydrogens (tertiary/aromatic N) is 3. The van der Waals surface area contributed by atoms with E-state index in [1.54, 1.807) is 6.08 Å². The van der Waals surface area contributed by atoms with E-state index in [0.29, 0.717) is 5.02 Å². The van der Waals surface area contributed by atoms with Gasteiger partial charge in [-0.15, -0.1) is 0 Å². The summed E-state index contributed by atoms with van der Waals surface area (Å²) in [6.07, 6.45) is 5.81. The van der Waals surface area contributed by atoms with Crippen LogP contribution >= 0.6 is 11.6 Å². The van der Waals surface area contributed by atoms with E-state index in [-0.39, 0.29) is 0 Å². The van der Waals surface area contributed by atoms with Crippen molar-refractivity contribution in [3.63, 3.8) is 0 Å². The predicted octanol–water partition coefficient (Wildman–Crippen LogP) is 7.51. The van der Waals surface area contributed by atoms with Crippen LogP contribution in [0.1, 0.15) is 18.2 Å². The Hall–Kier alpha value is -3.76. The molecule has 0 aliphatic heterocycles. The first-order chi connectivity index (χ1) is 15.2. The number of benzene rings is 3. The van der Waals surface area contributed by atoms with Crippen molar-refractivity contribution in [1.82, 2.24) is 14.0 Å². The monoisotopic (exact) mass is 423 g/mol. The summed E-state index contributed by atoms with van der Waals surface area (Å²) >= 11 is 6.41. The molecule has 4 nitrogen and oxygen atoms in total. The van der Waals surface area contributed by atoms with Gasteiger partial charge in [0.25, 0.3) is 0 Å². The Labute approximate surface area is 183 Å². The van der Waals surface area contributed by atoms with Gasteiger partial charge in [-0.05, 0) is 49.4 Å². The molecule has 3 heterocycles. The second-order valence-corrected chi connectivity index (χ2v) is 7.88. The van der Waals surface area contributed by atoms with E-state index >= 15 is 0 Å². The molecule has 0 unspecified atom stereocenters. The fourth-order valence-electron chi connectivity index (χ4n) is 4.42. The standard InChI is InChI=1S/C26H18ClN3O/c1-3-8-17-18-9-7-12-22(25(18)31-24(17)4-2)30-23-15-16(27)13-14-21(23)29-20-11-6-5-10-19(20)28-26(29)30/h3-15H,2H2,1H3/b8-3-. The second-order valence-electron chi connectivity index (χ2n) is 7.44. The molecular formula is C26H18ClN3O. The number of allylic oxidation sites excluding steroid dienone is 1. The van der Waals surface area contributed by atoms with E-state index < -0.39 is 0 Å². The third kappa shape index (κ3) is 2.46. The summed E-state index contributed by atoms with van der Waals surface area (Å²) in [5.41, 5.74) is 6.72. The summed E-state index contributed by atoms with van der Waals surface area (Å²) in [6, 6.07) is 20.2. The van der Waals surface area contributed by atoms with Crippen molar-refractivity contribution in [3.05, 3.63) is 89.7 Å². The molecular weight excluding hydrogens is 406 g/mol. The van der Waals surface area contributed by atoms with Gasteiger partial charge in [-0.3, -0.25) is 8.97 Å². The lowest BCUT2D eigenvalue weighted by Crippen LogP contribution is -1.95. The van der Waals surface area contributed by atoms with E-state index in [4.69, 9.17) is 21.0 Å². The third-order valence-electron chi connectivity index (χ3n) is 5.68. The zero-order valence-electron chi connectivity index (χ0n) is 16.8. The van der Waals surface area contributed by atoms with Crippen LogP contribution in [0.4, 0.5) is 0 Å². The SMILES string of the molecule is C=Cc1oc2c(-n3c4cc(Cl)ccc4n4c5ccccc5nc34)cccc2c1/C=C\C. The number of para-hydroxylation sites is 3. The van der Waals surface area contributed by atoms with Crippen LogP contribution in [0.5, 0.6) is 0 Å². The maximum absolute atomic E-state index is 6.41. The molecule has 5 heteroatoms. The van der Waals surface area contributed by atoms with Crippen LogP contribution in [-0.4, -0.2) is 14.0 Å². The molecule has 0 atom stereocenters. The van der Waals surface area contributed by atoms with Gasteiger partial charge in [0.15, 0.2) is 5.58 Å².